The predicted molar refractivity (Wildman–Crippen MR) is 104 cm³/mol. The van der Waals surface area contributed by atoms with E-state index in [1.807, 2.05) is 50.2 Å². The average Bonchev–Trinajstić information content (AvgIpc) is 3.16. The Morgan fingerprint density at radius 1 is 1.25 bits per heavy atom. The molecule has 0 radical (unpaired) electrons. The number of methoxy groups -OCH3 is 1. The van der Waals surface area contributed by atoms with E-state index in [9.17, 15) is 4.79 Å². The summed E-state index contributed by atoms with van der Waals surface area (Å²) >= 11 is 0. The first kappa shape index (κ1) is 21.2. The Kier molecular flexibility index (Phi) is 7.83. The molecule has 7 heteroatoms. The fourth-order valence-electron chi connectivity index (χ4n) is 2.87. The van der Waals surface area contributed by atoms with Gasteiger partial charge in [-0.25, -0.2) is 0 Å². The average molecular weight is 387 g/mol. The van der Waals surface area contributed by atoms with Crippen LogP contribution in [0.2, 0.25) is 0 Å². The number of nitrogens with one attached hydrogen (secondary N) is 1. The summed E-state index contributed by atoms with van der Waals surface area (Å²) < 4.78 is 16.5. The molecule has 1 aliphatic heterocycles. The van der Waals surface area contributed by atoms with E-state index >= 15 is 0 Å². The van der Waals surface area contributed by atoms with Crippen LogP contribution in [0.4, 0.5) is 0 Å². The summed E-state index contributed by atoms with van der Waals surface area (Å²) in [5.41, 5.74) is 3.70. The largest absolute Gasteiger partial charge is 0.493 e. The summed E-state index contributed by atoms with van der Waals surface area (Å²) in [5.74, 6) is 1.27. The molecule has 1 aliphatic rings. The Morgan fingerprint density at radius 2 is 2.00 bits per heavy atom. The molecule has 0 fully saturated rings. The zero-order valence-corrected chi connectivity index (χ0v) is 16.2. The van der Waals surface area contributed by atoms with E-state index in [1.165, 1.54) is 0 Å². The van der Waals surface area contributed by atoms with E-state index in [1.54, 1.807) is 7.11 Å². The lowest BCUT2D eigenvalue weighted by molar-refractivity contribution is -0.122. The number of fused-ring (bicyclic) bond motifs is 1. The number of carbonyl (C=O) groups is 2. The first-order valence-electron chi connectivity index (χ1n) is 8.88. The molecule has 7 nitrogen and oxygen atoms in total. The maximum atomic E-state index is 12.5. The molecule has 150 valence electrons. The maximum Gasteiger partial charge on any atom is 0.290 e. The molecule has 0 unspecified atom stereocenters. The molecule has 0 aromatic heterocycles. The third kappa shape index (κ3) is 5.47. The van der Waals surface area contributed by atoms with Gasteiger partial charge < -0.3 is 24.6 Å². The highest BCUT2D eigenvalue weighted by molar-refractivity contribution is 5.96. The molecule has 0 saturated carbocycles. The van der Waals surface area contributed by atoms with Crippen LogP contribution in [0.15, 0.2) is 36.4 Å². The third-order valence-electron chi connectivity index (χ3n) is 4.07. The monoisotopic (exact) mass is 387 g/mol. The molecule has 2 aromatic carbocycles. The number of benzene rings is 2. The van der Waals surface area contributed by atoms with Crippen molar-refractivity contribution in [1.82, 2.24) is 5.32 Å². The standard InChI is InChI=1S/C20H23NO4.CH2O2/c1-13(2)25-18-8-7-14(9-19(18)23-3)10-21-20(22)16-6-4-5-15-11-24-12-17(15)16;2-1-3/h4-9,13H,10-12H2,1-3H3,(H,21,22);1H,(H,2,3). The van der Waals surface area contributed by atoms with Crippen molar-refractivity contribution in [2.45, 2.75) is 39.7 Å². The fourth-order valence-corrected chi connectivity index (χ4v) is 2.87. The second-order valence-corrected chi connectivity index (χ2v) is 6.38. The van der Waals surface area contributed by atoms with Crippen LogP contribution in [-0.4, -0.2) is 30.7 Å². The summed E-state index contributed by atoms with van der Waals surface area (Å²) in [4.78, 5) is 20.9. The molecule has 0 saturated heterocycles. The molecule has 2 aromatic rings. The Labute approximate surface area is 164 Å². The van der Waals surface area contributed by atoms with Crippen molar-refractivity contribution in [1.29, 1.82) is 0 Å². The molecule has 0 aliphatic carbocycles. The second-order valence-electron chi connectivity index (χ2n) is 6.38. The van der Waals surface area contributed by atoms with Crippen molar-refractivity contribution < 1.29 is 28.9 Å². The van der Waals surface area contributed by atoms with Gasteiger partial charge in [0.05, 0.1) is 26.4 Å². The van der Waals surface area contributed by atoms with Gasteiger partial charge in [-0.05, 0) is 48.7 Å². The van der Waals surface area contributed by atoms with E-state index in [0.29, 0.717) is 36.8 Å². The lowest BCUT2D eigenvalue weighted by atomic mass is 10.0. The van der Waals surface area contributed by atoms with E-state index in [4.69, 9.17) is 24.1 Å². The molecule has 1 amide bonds. The highest BCUT2D eigenvalue weighted by Crippen LogP contribution is 2.29. The summed E-state index contributed by atoms with van der Waals surface area (Å²) in [6.45, 7) is 5.17. The van der Waals surface area contributed by atoms with E-state index in [0.717, 1.165) is 16.7 Å². The van der Waals surface area contributed by atoms with Crippen LogP contribution in [0.25, 0.3) is 0 Å². The van der Waals surface area contributed by atoms with Gasteiger partial charge in [-0.15, -0.1) is 0 Å². The van der Waals surface area contributed by atoms with Gasteiger partial charge in [0.1, 0.15) is 0 Å². The summed E-state index contributed by atoms with van der Waals surface area (Å²) in [6.07, 6.45) is 0.0712. The molecule has 28 heavy (non-hydrogen) atoms. The minimum atomic E-state index is -0.250. The van der Waals surface area contributed by atoms with E-state index in [2.05, 4.69) is 5.32 Å². The number of carbonyl (C=O) groups excluding carboxylic acids is 1. The van der Waals surface area contributed by atoms with Gasteiger partial charge in [0.25, 0.3) is 12.4 Å². The van der Waals surface area contributed by atoms with Crippen LogP contribution in [0.5, 0.6) is 11.5 Å². The van der Waals surface area contributed by atoms with Crippen molar-refractivity contribution in [3.05, 3.63) is 58.7 Å². The Hall–Kier alpha value is -3.06. The summed E-state index contributed by atoms with van der Waals surface area (Å²) in [5, 5.41) is 9.85. The lowest BCUT2D eigenvalue weighted by Crippen LogP contribution is -2.24. The Morgan fingerprint density at radius 3 is 2.68 bits per heavy atom. The number of amides is 1. The minimum absolute atomic E-state index is 0.0712. The Balaban J connectivity index is 0.000000878. The zero-order valence-electron chi connectivity index (χ0n) is 16.2. The van der Waals surface area contributed by atoms with Gasteiger partial charge in [-0.2, -0.15) is 0 Å². The predicted octanol–water partition coefficient (Wildman–Crippen LogP) is 3.14. The molecular weight excluding hydrogens is 362 g/mol. The van der Waals surface area contributed by atoms with Crippen LogP contribution in [0.1, 0.15) is 40.9 Å². The highest BCUT2D eigenvalue weighted by Gasteiger charge is 2.19. The molecular formula is C21H25NO6. The van der Waals surface area contributed by atoms with Gasteiger partial charge in [0.15, 0.2) is 11.5 Å². The second kappa shape index (κ2) is 10.3. The lowest BCUT2D eigenvalue weighted by Gasteiger charge is -2.15. The van der Waals surface area contributed by atoms with Crippen molar-refractivity contribution in [3.8, 4) is 11.5 Å². The van der Waals surface area contributed by atoms with Crippen molar-refractivity contribution >= 4 is 12.4 Å². The molecule has 0 bridgehead atoms. The Bertz CT molecular complexity index is 819. The summed E-state index contributed by atoms with van der Waals surface area (Å²) in [7, 11) is 1.61. The van der Waals surface area contributed by atoms with Crippen molar-refractivity contribution in [2.24, 2.45) is 0 Å². The molecule has 2 N–H and O–H groups in total. The number of carboxylic acid groups (broad SMARTS) is 1. The maximum absolute atomic E-state index is 12.5. The third-order valence-corrected chi connectivity index (χ3v) is 4.07. The zero-order chi connectivity index (χ0) is 20.5. The summed E-state index contributed by atoms with van der Waals surface area (Å²) in [6, 6.07) is 11.4. The molecule has 0 atom stereocenters. The first-order chi connectivity index (χ1) is 13.5. The highest BCUT2D eigenvalue weighted by atomic mass is 16.5. The van der Waals surface area contributed by atoms with Crippen LogP contribution in [0.3, 0.4) is 0 Å². The van der Waals surface area contributed by atoms with E-state index < -0.39 is 0 Å². The van der Waals surface area contributed by atoms with Crippen molar-refractivity contribution in [2.75, 3.05) is 7.11 Å². The molecule has 3 rings (SSSR count). The van der Waals surface area contributed by atoms with Gasteiger partial charge in [0, 0.05) is 12.1 Å². The smallest absolute Gasteiger partial charge is 0.290 e. The van der Waals surface area contributed by atoms with Gasteiger partial charge in [-0.3, -0.25) is 9.59 Å². The first-order valence-corrected chi connectivity index (χ1v) is 8.88. The minimum Gasteiger partial charge on any atom is -0.493 e. The van der Waals surface area contributed by atoms with Gasteiger partial charge in [-0.1, -0.05) is 18.2 Å². The van der Waals surface area contributed by atoms with Crippen molar-refractivity contribution in [3.63, 3.8) is 0 Å². The topological polar surface area (TPSA) is 94.1 Å². The normalized spacial score (nSPS) is 11.9. The molecule has 0 spiro atoms. The van der Waals surface area contributed by atoms with E-state index in [-0.39, 0.29) is 18.5 Å². The number of ether oxygens (including phenoxy) is 3. The van der Waals surface area contributed by atoms with Crippen LogP contribution in [-0.2, 0) is 29.3 Å². The molecule has 1 heterocycles. The number of rotatable bonds is 6. The van der Waals surface area contributed by atoms with Crippen LogP contribution < -0.4 is 14.8 Å². The SMILES string of the molecule is COc1cc(CNC(=O)c2cccc3c2COC3)ccc1OC(C)C.O=CO. The van der Waals surface area contributed by atoms with Gasteiger partial charge >= 0.3 is 0 Å². The fraction of sp³-hybridized carbons (Fsp3) is 0.333. The quantitative estimate of drug-likeness (QED) is 0.740. The van der Waals surface area contributed by atoms with Gasteiger partial charge in [0.2, 0.25) is 0 Å². The number of hydrogen-bond donors (Lipinski definition) is 2. The number of hydrogen-bond acceptors (Lipinski definition) is 5. The van der Waals surface area contributed by atoms with Crippen LogP contribution >= 0.6 is 0 Å². The van der Waals surface area contributed by atoms with Crippen LogP contribution in [0, 0.1) is 0 Å².